The molecule has 6 N–H and O–H groups in total. The molecule has 2 atom stereocenters. The normalized spacial score (nSPS) is 12.4. The van der Waals surface area contributed by atoms with Crippen LogP contribution in [-0.4, -0.2) is 59.0 Å². The van der Waals surface area contributed by atoms with Gasteiger partial charge in [0.1, 0.15) is 12.1 Å². The highest BCUT2D eigenvalue weighted by Crippen LogP contribution is 2.13. The molecule has 12 heteroatoms. The number of esters is 2. The van der Waals surface area contributed by atoms with Crippen molar-refractivity contribution >= 4 is 35.4 Å². The molecule has 0 aliphatic heterocycles. The fraction of sp³-hybridized carbons (Fsp3) is 0.500. The topological polar surface area (TPSA) is 189 Å². The van der Waals surface area contributed by atoms with Gasteiger partial charge in [0.05, 0.1) is 13.2 Å². The summed E-state index contributed by atoms with van der Waals surface area (Å²) >= 11 is 0. The summed E-state index contributed by atoms with van der Waals surface area (Å²) in [5.41, 5.74) is 10.7. The summed E-state index contributed by atoms with van der Waals surface area (Å²) in [5.74, 6) is -3.67. The Morgan fingerprint density at radius 2 is 1.14 bits per heavy atom. The van der Waals surface area contributed by atoms with Gasteiger partial charge in [-0.3, -0.25) is 9.59 Å². The van der Waals surface area contributed by atoms with Crippen molar-refractivity contribution in [3.8, 4) is 0 Å². The largest absolute Gasteiger partial charge is 0.464 e. The number of aromatic nitrogens is 2. The van der Waals surface area contributed by atoms with E-state index in [0.717, 1.165) is 0 Å². The summed E-state index contributed by atoms with van der Waals surface area (Å²) in [7, 11) is 0. The van der Waals surface area contributed by atoms with E-state index in [0.29, 0.717) is 0 Å². The molecular weight excluding hydrogens is 372 g/mol. The summed E-state index contributed by atoms with van der Waals surface area (Å²) < 4.78 is 9.56. The predicted octanol–water partition coefficient (Wildman–Crippen LogP) is -0.996. The molecule has 0 radical (unpaired) electrons. The Bertz CT molecular complexity index is 704. The molecule has 1 heterocycles. The second kappa shape index (κ2) is 10.0. The van der Waals surface area contributed by atoms with Gasteiger partial charge in [0.25, 0.3) is 11.8 Å². The first kappa shape index (κ1) is 22.6. The lowest BCUT2D eigenvalue weighted by molar-refractivity contribution is -0.145. The van der Waals surface area contributed by atoms with Crippen molar-refractivity contribution in [1.29, 1.82) is 0 Å². The van der Waals surface area contributed by atoms with Crippen molar-refractivity contribution in [2.75, 3.05) is 24.7 Å². The first-order valence-corrected chi connectivity index (χ1v) is 8.50. The Labute approximate surface area is 161 Å². The van der Waals surface area contributed by atoms with Crippen LogP contribution in [0.3, 0.4) is 0 Å². The van der Waals surface area contributed by atoms with Gasteiger partial charge in [-0.2, -0.15) is 0 Å². The molecule has 0 spiro atoms. The number of ether oxygens (including phenoxy) is 2. The standard InChI is InChI=1S/C16H24N6O6/c1-5-27-15(25)7(3)19-13(23)9-11(17)22-10(12(18)21-9)14(24)20-8(4)16(26)28-6-2/h7-8H,5-6H2,1-4H3,(H2,18,21)(H2,17,22)(H,19,23)(H,20,24)/t7-,8-/m0/s1. The molecule has 0 unspecified atom stereocenters. The van der Waals surface area contributed by atoms with Crippen molar-refractivity contribution in [2.24, 2.45) is 0 Å². The first-order chi connectivity index (χ1) is 13.1. The van der Waals surface area contributed by atoms with E-state index in [1.54, 1.807) is 13.8 Å². The summed E-state index contributed by atoms with van der Waals surface area (Å²) in [4.78, 5) is 55.2. The van der Waals surface area contributed by atoms with Gasteiger partial charge in [0.15, 0.2) is 23.0 Å². The second-order valence-corrected chi connectivity index (χ2v) is 5.59. The van der Waals surface area contributed by atoms with E-state index in [9.17, 15) is 19.2 Å². The minimum absolute atomic E-state index is 0.155. The first-order valence-electron chi connectivity index (χ1n) is 8.50. The van der Waals surface area contributed by atoms with Crippen LogP contribution in [0.25, 0.3) is 0 Å². The summed E-state index contributed by atoms with van der Waals surface area (Å²) in [6, 6.07) is -1.91. The second-order valence-electron chi connectivity index (χ2n) is 5.59. The highest BCUT2D eigenvalue weighted by molar-refractivity contribution is 6.02. The molecule has 1 aromatic rings. The average molecular weight is 396 g/mol. The van der Waals surface area contributed by atoms with Gasteiger partial charge in [0, 0.05) is 0 Å². The molecule has 0 aliphatic rings. The number of hydrogen-bond acceptors (Lipinski definition) is 10. The van der Waals surface area contributed by atoms with Gasteiger partial charge in [-0.05, 0) is 27.7 Å². The Morgan fingerprint density at radius 1 is 0.821 bits per heavy atom. The molecule has 28 heavy (non-hydrogen) atoms. The number of nitrogens with zero attached hydrogens (tertiary/aromatic N) is 2. The maximum Gasteiger partial charge on any atom is 0.328 e. The molecule has 12 nitrogen and oxygen atoms in total. The van der Waals surface area contributed by atoms with Gasteiger partial charge in [-0.1, -0.05) is 0 Å². The van der Waals surface area contributed by atoms with Crippen molar-refractivity contribution in [1.82, 2.24) is 20.6 Å². The molecule has 0 aromatic carbocycles. The number of carbonyl (C=O) groups is 4. The zero-order valence-electron chi connectivity index (χ0n) is 16.1. The summed E-state index contributed by atoms with van der Waals surface area (Å²) in [6.45, 7) is 6.40. The number of carbonyl (C=O) groups excluding carboxylic acids is 4. The van der Waals surface area contributed by atoms with Crippen LogP contribution >= 0.6 is 0 Å². The highest BCUT2D eigenvalue weighted by atomic mass is 16.5. The van der Waals surface area contributed by atoms with E-state index < -0.39 is 35.8 Å². The van der Waals surface area contributed by atoms with E-state index >= 15 is 0 Å². The zero-order valence-corrected chi connectivity index (χ0v) is 16.1. The predicted molar refractivity (Wildman–Crippen MR) is 98.0 cm³/mol. The van der Waals surface area contributed by atoms with Gasteiger partial charge < -0.3 is 31.6 Å². The maximum atomic E-state index is 12.2. The highest BCUT2D eigenvalue weighted by Gasteiger charge is 2.25. The van der Waals surface area contributed by atoms with Crippen molar-refractivity contribution in [3.63, 3.8) is 0 Å². The van der Waals surface area contributed by atoms with Gasteiger partial charge >= 0.3 is 11.9 Å². The smallest absolute Gasteiger partial charge is 0.328 e. The number of nitrogen functional groups attached to an aromatic ring is 2. The molecule has 1 aromatic heterocycles. The number of amides is 2. The van der Waals surface area contributed by atoms with Crippen LogP contribution in [0.5, 0.6) is 0 Å². The average Bonchev–Trinajstić information content (AvgIpc) is 2.63. The van der Waals surface area contributed by atoms with Crippen LogP contribution in [-0.2, 0) is 19.1 Å². The number of anilines is 2. The van der Waals surface area contributed by atoms with E-state index in [-0.39, 0.29) is 36.2 Å². The van der Waals surface area contributed by atoms with Gasteiger partial charge in [0.2, 0.25) is 0 Å². The fourth-order valence-corrected chi connectivity index (χ4v) is 1.98. The molecule has 0 bridgehead atoms. The number of nitrogens with two attached hydrogens (primary N) is 2. The monoisotopic (exact) mass is 396 g/mol. The minimum Gasteiger partial charge on any atom is -0.464 e. The Balaban J connectivity index is 2.94. The van der Waals surface area contributed by atoms with E-state index in [2.05, 4.69) is 20.6 Å². The Kier molecular flexibility index (Phi) is 8.10. The lowest BCUT2D eigenvalue weighted by atomic mass is 10.2. The minimum atomic E-state index is -0.955. The quantitative estimate of drug-likeness (QED) is 0.397. The third kappa shape index (κ3) is 5.79. The van der Waals surface area contributed by atoms with E-state index in [1.807, 2.05) is 0 Å². The van der Waals surface area contributed by atoms with Gasteiger partial charge in [-0.15, -0.1) is 0 Å². The molecular formula is C16H24N6O6. The van der Waals surface area contributed by atoms with E-state index in [1.165, 1.54) is 13.8 Å². The van der Waals surface area contributed by atoms with Gasteiger partial charge in [-0.25, -0.2) is 19.6 Å². The van der Waals surface area contributed by atoms with Crippen molar-refractivity contribution in [2.45, 2.75) is 39.8 Å². The number of hydrogen-bond donors (Lipinski definition) is 4. The van der Waals surface area contributed by atoms with Crippen LogP contribution in [0.4, 0.5) is 11.6 Å². The lowest BCUT2D eigenvalue weighted by Crippen LogP contribution is -2.41. The van der Waals surface area contributed by atoms with Crippen molar-refractivity contribution < 1.29 is 28.7 Å². The zero-order chi connectivity index (χ0) is 21.4. The lowest BCUT2D eigenvalue weighted by Gasteiger charge is -2.15. The number of nitrogens with one attached hydrogen (secondary N) is 2. The molecule has 2 amide bonds. The van der Waals surface area contributed by atoms with E-state index in [4.69, 9.17) is 20.9 Å². The molecule has 0 aliphatic carbocycles. The summed E-state index contributed by atoms with van der Waals surface area (Å²) in [6.07, 6.45) is 0. The molecule has 154 valence electrons. The van der Waals surface area contributed by atoms with Crippen LogP contribution in [0.1, 0.15) is 48.7 Å². The third-order valence-electron chi connectivity index (χ3n) is 3.36. The van der Waals surface area contributed by atoms with Crippen LogP contribution in [0, 0.1) is 0 Å². The molecule has 0 saturated carbocycles. The van der Waals surface area contributed by atoms with Crippen LogP contribution < -0.4 is 22.1 Å². The molecule has 1 rings (SSSR count). The van der Waals surface area contributed by atoms with Crippen LogP contribution in [0.2, 0.25) is 0 Å². The summed E-state index contributed by atoms with van der Waals surface area (Å²) in [5, 5.41) is 4.69. The third-order valence-corrected chi connectivity index (χ3v) is 3.36. The SMILES string of the molecule is CCOC(=O)[C@H](C)NC(=O)c1nc(N)c(C(=O)N[C@@H](C)C(=O)OCC)nc1N. The van der Waals surface area contributed by atoms with Crippen LogP contribution in [0.15, 0.2) is 0 Å². The Morgan fingerprint density at radius 3 is 1.43 bits per heavy atom. The molecule has 0 fully saturated rings. The Hall–Kier alpha value is -3.44. The van der Waals surface area contributed by atoms with Crippen molar-refractivity contribution in [3.05, 3.63) is 11.4 Å². The fourth-order valence-electron chi connectivity index (χ4n) is 1.98. The number of rotatable bonds is 8. The molecule has 0 saturated heterocycles. The maximum absolute atomic E-state index is 12.2.